The number of aliphatic imine (C=N–C) groups is 2. The minimum absolute atomic E-state index is 0.252. The Kier molecular flexibility index (Phi) is 7.47. The van der Waals surface area contributed by atoms with Gasteiger partial charge in [-0.05, 0) is 89.7 Å². The average molecular weight is 759 g/mol. The van der Waals surface area contributed by atoms with E-state index in [0.717, 1.165) is 52.1 Å². The van der Waals surface area contributed by atoms with Crippen molar-refractivity contribution >= 4 is 86.5 Å². The van der Waals surface area contributed by atoms with Gasteiger partial charge in [0.2, 0.25) is 0 Å². The third kappa shape index (κ3) is 5.30. The molecule has 2 aromatic heterocycles. The van der Waals surface area contributed by atoms with E-state index in [-0.39, 0.29) is 6.17 Å². The zero-order chi connectivity index (χ0) is 38.2. The van der Waals surface area contributed by atoms with E-state index in [1.807, 2.05) is 17.4 Å². The fourth-order valence-electron chi connectivity index (χ4n) is 8.94. The zero-order valence-corrected chi connectivity index (χ0v) is 32.2. The van der Waals surface area contributed by atoms with E-state index in [0.29, 0.717) is 0 Å². The first-order valence-corrected chi connectivity index (χ1v) is 20.6. The maximum Gasteiger partial charge on any atom is 0.155 e. The number of thiophene rings is 1. The van der Waals surface area contributed by atoms with Crippen molar-refractivity contribution in [2.24, 2.45) is 9.98 Å². The SMILES string of the molecule is c1c2ccc(-n3c4ccccc4c4ccccc43)cc2c2c(-c3ccc4c(c3)sc3ccc(C5N=C(C6=CC=CCC6)N=C(c6ccccc6)N5)cc34)cccc2c#1. The van der Waals surface area contributed by atoms with Crippen LogP contribution in [0.15, 0.2) is 185 Å². The molecule has 1 aliphatic heterocycles. The van der Waals surface area contributed by atoms with Gasteiger partial charge in [0.05, 0.1) is 11.0 Å². The molecule has 8 aromatic carbocycles. The first kappa shape index (κ1) is 32.9. The van der Waals surface area contributed by atoms with Crippen LogP contribution in [0, 0.1) is 12.1 Å². The summed E-state index contributed by atoms with van der Waals surface area (Å²) in [5, 5.41) is 13.2. The van der Waals surface area contributed by atoms with Crippen molar-refractivity contribution < 1.29 is 0 Å². The number of benzene rings is 7. The van der Waals surface area contributed by atoms with Crippen LogP contribution in [-0.4, -0.2) is 16.2 Å². The van der Waals surface area contributed by atoms with Crippen LogP contribution in [0.5, 0.6) is 0 Å². The molecule has 0 amide bonds. The van der Waals surface area contributed by atoms with Crippen LogP contribution in [0.3, 0.4) is 0 Å². The largest absolute Gasteiger partial charge is 0.344 e. The van der Waals surface area contributed by atoms with Crippen LogP contribution in [0.2, 0.25) is 0 Å². The molecule has 2 aliphatic rings. The lowest BCUT2D eigenvalue weighted by molar-refractivity contribution is 0.673. The Hall–Kier alpha value is -7.26. The van der Waals surface area contributed by atoms with E-state index in [2.05, 4.69) is 186 Å². The number of hydrogen-bond donors (Lipinski definition) is 1. The number of aromatic nitrogens is 1. The molecular formula is C53H34N4S. The van der Waals surface area contributed by atoms with Gasteiger partial charge >= 0.3 is 0 Å². The molecule has 0 bridgehead atoms. The van der Waals surface area contributed by atoms with Gasteiger partial charge in [0.15, 0.2) is 5.84 Å². The predicted molar refractivity (Wildman–Crippen MR) is 245 cm³/mol. The van der Waals surface area contributed by atoms with Crippen LogP contribution in [-0.2, 0) is 0 Å². The highest BCUT2D eigenvalue weighted by Crippen LogP contribution is 2.41. The maximum absolute atomic E-state index is 5.19. The van der Waals surface area contributed by atoms with Gasteiger partial charge < -0.3 is 9.88 Å². The highest BCUT2D eigenvalue weighted by atomic mass is 32.1. The standard InChI is InChI=1S/C53H34N4S/c1-3-12-35(13-4-1)51-54-52(36-14-5-2-6-15-36)56-53(55-51)38-26-29-48-45(30-38)43-28-25-37(31-49(43)58-48)40-19-11-16-34-23-22-33-24-27-39(32-44(33)50(34)40)57-46-20-9-7-17-41(46)42-18-8-10-21-47(42)57/h1-5,7-14,16-21,24-32,53H,6,15H2,(H,54,55,56). The number of hydrogen-bond acceptors (Lipinski definition) is 4. The fourth-order valence-corrected chi connectivity index (χ4v) is 10.1. The monoisotopic (exact) mass is 758 g/mol. The Morgan fingerprint density at radius 1 is 0.621 bits per heavy atom. The van der Waals surface area contributed by atoms with Gasteiger partial charge in [0.1, 0.15) is 12.0 Å². The topological polar surface area (TPSA) is 41.7 Å². The number of para-hydroxylation sites is 2. The molecule has 12 rings (SSSR count). The second-order valence-corrected chi connectivity index (χ2v) is 16.2. The minimum atomic E-state index is -0.252. The van der Waals surface area contributed by atoms with Crippen molar-refractivity contribution in [2.75, 3.05) is 0 Å². The van der Waals surface area contributed by atoms with Gasteiger partial charge in [0.25, 0.3) is 0 Å². The summed E-state index contributed by atoms with van der Waals surface area (Å²) in [5.41, 5.74) is 9.28. The van der Waals surface area contributed by atoms with Crippen molar-refractivity contribution in [3.05, 3.63) is 199 Å². The number of amidine groups is 2. The number of fused-ring (bicyclic) bond motifs is 9. The smallest absolute Gasteiger partial charge is 0.155 e. The van der Waals surface area contributed by atoms with Crippen molar-refractivity contribution in [3.63, 3.8) is 0 Å². The highest BCUT2D eigenvalue weighted by Gasteiger charge is 2.23. The lowest BCUT2D eigenvalue weighted by Crippen LogP contribution is -2.33. The van der Waals surface area contributed by atoms with Gasteiger partial charge in [-0.25, -0.2) is 9.98 Å². The first-order valence-electron chi connectivity index (χ1n) is 19.8. The molecule has 5 heteroatoms. The molecule has 0 saturated heterocycles. The summed E-state index contributed by atoms with van der Waals surface area (Å²) in [6.45, 7) is 0. The molecule has 4 nitrogen and oxygen atoms in total. The quantitative estimate of drug-likeness (QED) is 0.187. The average Bonchev–Trinajstić information content (AvgIpc) is 3.84. The normalized spacial score (nSPS) is 15.5. The van der Waals surface area contributed by atoms with Crippen molar-refractivity contribution in [1.29, 1.82) is 0 Å². The Balaban J connectivity index is 0.968. The van der Waals surface area contributed by atoms with Crippen molar-refractivity contribution in [2.45, 2.75) is 19.0 Å². The third-order valence-electron chi connectivity index (χ3n) is 11.7. The van der Waals surface area contributed by atoms with E-state index >= 15 is 0 Å². The van der Waals surface area contributed by atoms with Gasteiger partial charge in [-0.15, -0.1) is 11.3 Å². The summed E-state index contributed by atoms with van der Waals surface area (Å²) in [6.07, 6.45) is 8.17. The second kappa shape index (κ2) is 13.2. The van der Waals surface area contributed by atoms with Crippen LogP contribution in [0.25, 0.3) is 80.3 Å². The van der Waals surface area contributed by atoms with E-state index in [1.54, 1.807) is 0 Å². The second-order valence-electron chi connectivity index (χ2n) is 15.1. The van der Waals surface area contributed by atoms with Crippen LogP contribution >= 0.6 is 11.3 Å². The maximum atomic E-state index is 5.19. The zero-order valence-electron chi connectivity index (χ0n) is 31.4. The number of allylic oxidation sites excluding steroid dienone is 3. The van der Waals surface area contributed by atoms with Gasteiger partial charge in [-0.1, -0.05) is 127 Å². The molecule has 0 radical (unpaired) electrons. The van der Waals surface area contributed by atoms with E-state index in [4.69, 9.17) is 9.98 Å². The summed E-state index contributed by atoms with van der Waals surface area (Å²) in [6, 6.07) is 61.8. The van der Waals surface area contributed by atoms with Gasteiger partial charge in [-0.2, -0.15) is 0 Å². The summed E-state index contributed by atoms with van der Waals surface area (Å²) in [4.78, 5) is 10.2. The fraction of sp³-hybridized carbons (Fsp3) is 0.0566. The number of nitrogens with one attached hydrogen (secondary N) is 1. The molecular weight excluding hydrogens is 725 g/mol. The summed E-state index contributed by atoms with van der Waals surface area (Å²) < 4.78 is 4.91. The summed E-state index contributed by atoms with van der Waals surface area (Å²) >= 11 is 1.84. The number of rotatable bonds is 5. The molecule has 10 aromatic rings. The molecule has 3 heterocycles. The number of nitrogens with zero attached hydrogens (tertiary/aromatic N) is 3. The Labute approximate surface area is 339 Å². The lowest BCUT2D eigenvalue weighted by Gasteiger charge is -2.24. The molecule has 0 spiro atoms. The van der Waals surface area contributed by atoms with Crippen LogP contribution in [0.1, 0.15) is 30.1 Å². The molecule has 0 fully saturated rings. The molecule has 1 N–H and O–H groups in total. The van der Waals surface area contributed by atoms with Gasteiger partial charge in [-0.3, -0.25) is 0 Å². The van der Waals surface area contributed by atoms with E-state index in [1.165, 1.54) is 69.5 Å². The Bertz CT molecular complexity index is 3380. The molecule has 58 heavy (non-hydrogen) atoms. The molecule has 1 unspecified atom stereocenters. The Morgan fingerprint density at radius 3 is 2.26 bits per heavy atom. The van der Waals surface area contributed by atoms with Crippen LogP contribution in [0.4, 0.5) is 0 Å². The third-order valence-corrected chi connectivity index (χ3v) is 12.9. The van der Waals surface area contributed by atoms with E-state index in [9.17, 15) is 0 Å². The first-order chi connectivity index (χ1) is 28.7. The molecule has 272 valence electrons. The molecule has 1 atom stereocenters. The predicted octanol–water partition coefficient (Wildman–Crippen LogP) is 13.4. The van der Waals surface area contributed by atoms with E-state index < -0.39 is 0 Å². The van der Waals surface area contributed by atoms with Crippen molar-refractivity contribution in [1.82, 2.24) is 9.88 Å². The minimum Gasteiger partial charge on any atom is -0.344 e. The summed E-state index contributed by atoms with van der Waals surface area (Å²) in [7, 11) is 0. The lowest BCUT2D eigenvalue weighted by atomic mass is 9.94. The molecule has 1 aliphatic carbocycles. The summed E-state index contributed by atoms with van der Waals surface area (Å²) in [5.74, 6) is 1.66. The van der Waals surface area contributed by atoms with Crippen LogP contribution < -0.4 is 5.32 Å². The highest BCUT2D eigenvalue weighted by molar-refractivity contribution is 7.25. The Morgan fingerprint density at radius 2 is 1.43 bits per heavy atom. The van der Waals surface area contributed by atoms with Gasteiger partial charge in [0, 0.05) is 63.7 Å². The van der Waals surface area contributed by atoms with Crippen molar-refractivity contribution in [3.8, 4) is 16.8 Å². The molecule has 0 saturated carbocycles.